The van der Waals surface area contributed by atoms with Gasteiger partial charge in [0.1, 0.15) is 12.6 Å². The van der Waals surface area contributed by atoms with Crippen LogP contribution >= 0.6 is 22.7 Å². The van der Waals surface area contributed by atoms with E-state index < -0.39 is 30.3 Å². The van der Waals surface area contributed by atoms with Crippen molar-refractivity contribution < 1.29 is 24.2 Å². The standard InChI is InChI=1S/C38H50N6O5S2/c1-6-26(4)34(43-37(47)44(5)21-30-23-50-36(41-30)25(2)3)35(46)40-29(17-27-13-9-7-10-14-27)19-33(45)32(18-28-15-11-8-12-16-28)42-38(48)49-22-31-20-39-24-51-31/h7-16,20,23-26,29,32-34,45H,6,17-19,21-22H2,1-5H3,(H,40,46)(H,42,48)(H,43,47)/t26?,29-,32-,33-,34-/m0/s1. The number of benzene rings is 2. The van der Waals surface area contributed by atoms with E-state index in [0.717, 1.165) is 26.7 Å². The number of hydrogen-bond acceptors (Lipinski definition) is 9. The van der Waals surface area contributed by atoms with Gasteiger partial charge in [0.2, 0.25) is 5.91 Å². The predicted octanol–water partition coefficient (Wildman–Crippen LogP) is 6.30. The summed E-state index contributed by atoms with van der Waals surface area (Å²) in [5.74, 6) is -0.208. The zero-order valence-corrected chi connectivity index (χ0v) is 31.6. The van der Waals surface area contributed by atoms with E-state index >= 15 is 0 Å². The van der Waals surface area contributed by atoms with Crippen LogP contribution in [0.15, 0.2) is 77.8 Å². The maximum atomic E-state index is 14.0. The van der Waals surface area contributed by atoms with Gasteiger partial charge in [0, 0.05) is 30.6 Å². The summed E-state index contributed by atoms with van der Waals surface area (Å²) in [6.45, 7) is 8.45. The van der Waals surface area contributed by atoms with Gasteiger partial charge >= 0.3 is 12.1 Å². The predicted molar refractivity (Wildman–Crippen MR) is 202 cm³/mol. The number of hydrogen-bond donors (Lipinski definition) is 4. The Bertz CT molecular complexity index is 1640. The van der Waals surface area contributed by atoms with E-state index in [4.69, 9.17) is 4.74 Å². The molecule has 2 heterocycles. The van der Waals surface area contributed by atoms with E-state index in [0.29, 0.717) is 31.7 Å². The van der Waals surface area contributed by atoms with Crippen molar-refractivity contribution in [2.45, 2.75) is 96.7 Å². The van der Waals surface area contributed by atoms with E-state index in [9.17, 15) is 19.5 Å². The topological polar surface area (TPSA) is 146 Å². The second kappa shape index (κ2) is 19.9. The molecule has 1 unspecified atom stereocenters. The number of alkyl carbamates (subject to hydrolysis) is 1. The third-order valence-electron chi connectivity index (χ3n) is 8.68. The lowest BCUT2D eigenvalue weighted by atomic mass is 9.92. The quantitative estimate of drug-likeness (QED) is 0.0940. The molecule has 0 aliphatic rings. The molecule has 11 nitrogen and oxygen atoms in total. The second-order valence-corrected chi connectivity index (χ2v) is 15.0. The fraction of sp³-hybridized carbons (Fsp3) is 0.447. The maximum absolute atomic E-state index is 14.0. The van der Waals surface area contributed by atoms with Crippen molar-refractivity contribution in [1.82, 2.24) is 30.8 Å². The highest BCUT2D eigenvalue weighted by molar-refractivity contribution is 7.09. The lowest BCUT2D eigenvalue weighted by molar-refractivity contribution is -0.125. The molecule has 0 saturated carbocycles. The Balaban J connectivity index is 1.49. The number of nitrogens with one attached hydrogen (secondary N) is 3. The summed E-state index contributed by atoms with van der Waals surface area (Å²) >= 11 is 2.96. The van der Waals surface area contributed by atoms with E-state index in [-0.39, 0.29) is 30.9 Å². The molecule has 13 heteroatoms. The van der Waals surface area contributed by atoms with Crippen molar-refractivity contribution in [2.75, 3.05) is 7.05 Å². The Hall–Kier alpha value is -4.33. The lowest BCUT2D eigenvalue weighted by Crippen LogP contribution is -2.56. The molecule has 2 aromatic carbocycles. The highest BCUT2D eigenvalue weighted by Gasteiger charge is 2.31. The normalized spacial score (nSPS) is 14.2. The number of amides is 4. The number of thiazole rings is 2. The van der Waals surface area contributed by atoms with Gasteiger partial charge in [0.15, 0.2) is 0 Å². The minimum atomic E-state index is -1.05. The highest BCUT2D eigenvalue weighted by atomic mass is 32.1. The summed E-state index contributed by atoms with van der Waals surface area (Å²) in [6, 6.07) is 16.9. The van der Waals surface area contributed by atoms with Crippen molar-refractivity contribution in [1.29, 1.82) is 0 Å². The molecule has 4 rings (SSSR count). The van der Waals surface area contributed by atoms with Crippen LogP contribution in [0.4, 0.5) is 9.59 Å². The van der Waals surface area contributed by atoms with Gasteiger partial charge in [0.05, 0.1) is 39.8 Å². The molecule has 2 aromatic heterocycles. The number of rotatable bonds is 18. The smallest absolute Gasteiger partial charge is 0.407 e. The van der Waals surface area contributed by atoms with Crippen molar-refractivity contribution in [3.05, 3.63) is 104 Å². The van der Waals surface area contributed by atoms with Crippen molar-refractivity contribution in [3.8, 4) is 0 Å². The molecule has 274 valence electrons. The SMILES string of the molecule is CCC(C)[C@H](NC(=O)N(C)Cc1csc(C(C)C)n1)C(=O)N[C@@H](Cc1ccccc1)C[C@H](O)[C@H](Cc1ccccc1)NC(=O)OCc1cncs1. The molecule has 4 amide bonds. The molecule has 4 N–H and O–H groups in total. The summed E-state index contributed by atoms with van der Waals surface area (Å²) in [7, 11) is 1.69. The highest BCUT2D eigenvalue weighted by Crippen LogP contribution is 2.20. The van der Waals surface area contributed by atoms with Gasteiger partial charge < -0.3 is 30.7 Å². The third kappa shape index (κ3) is 12.7. The molecule has 0 radical (unpaired) electrons. The van der Waals surface area contributed by atoms with Crippen LogP contribution in [0.25, 0.3) is 0 Å². The molecule has 0 aliphatic heterocycles. The maximum Gasteiger partial charge on any atom is 0.407 e. The molecule has 5 atom stereocenters. The Morgan fingerprint density at radius 1 is 0.922 bits per heavy atom. The van der Waals surface area contributed by atoms with Crippen LogP contribution < -0.4 is 16.0 Å². The second-order valence-electron chi connectivity index (χ2n) is 13.2. The van der Waals surface area contributed by atoms with Crippen molar-refractivity contribution in [3.63, 3.8) is 0 Å². The zero-order valence-electron chi connectivity index (χ0n) is 30.0. The Labute approximate surface area is 308 Å². The molecular formula is C38H50N6O5S2. The number of aliphatic hydroxyl groups excluding tert-OH is 1. The van der Waals surface area contributed by atoms with Gasteiger partial charge in [-0.3, -0.25) is 9.78 Å². The Morgan fingerprint density at radius 2 is 1.59 bits per heavy atom. The number of urea groups is 1. The summed E-state index contributed by atoms with van der Waals surface area (Å²) < 4.78 is 5.44. The zero-order chi connectivity index (χ0) is 36.8. The third-order valence-corrected chi connectivity index (χ3v) is 10.6. The number of carbonyl (C=O) groups is 3. The van der Waals surface area contributed by atoms with Gasteiger partial charge in [-0.15, -0.1) is 22.7 Å². The molecule has 0 aliphatic carbocycles. The minimum Gasteiger partial charge on any atom is -0.444 e. The molecule has 0 spiro atoms. The summed E-state index contributed by atoms with van der Waals surface area (Å²) in [6.07, 6.45) is 1.50. The summed E-state index contributed by atoms with van der Waals surface area (Å²) in [4.78, 5) is 51.3. The van der Waals surface area contributed by atoms with Crippen molar-refractivity contribution >= 4 is 40.7 Å². The van der Waals surface area contributed by atoms with Gasteiger partial charge in [0.25, 0.3) is 0 Å². The lowest BCUT2D eigenvalue weighted by Gasteiger charge is -2.31. The molecule has 0 bridgehead atoms. The van der Waals surface area contributed by atoms with Crippen LogP contribution in [0.2, 0.25) is 0 Å². The first-order valence-electron chi connectivity index (χ1n) is 17.3. The van der Waals surface area contributed by atoms with E-state index in [1.165, 1.54) is 16.2 Å². The average molecular weight is 735 g/mol. The van der Waals surface area contributed by atoms with Gasteiger partial charge in [-0.2, -0.15) is 0 Å². The Morgan fingerprint density at radius 3 is 2.18 bits per heavy atom. The summed E-state index contributed by atoms with van der Waals surface area (Å²) in [5.41, 5.74) is 4.36. The Kier molecular flexibility index (Phi) is 15.4. The summed E-state index contributed by atoms with van der Waals surface area (Å²) in [5, 5.41) is 23.6. The van der Waals surface area contributed by atoms with Crippen LogP contribution in [-0.2, 0) is 35.5 Å². The van der Waals surface area contributed by atoms with Crippen LogP contribution in [0.3, 0.4) is 0 Å². The van der Waals surface area contributed by atoms with Crippen LogP contribution in [0, 0.1) is 5.92 Å². The number of carbonyl (C=O) groups excluding carboxylic acids is 3. The molecule has 0 fully saturated rings. The molecular weight excluding hydrogens is 685 g/mol. The van der Waals surface area contributed by atoms with E-state index in [1.807, 2.05) is 79.9 Å². The number of aromatic nitrogens is 2. The molecule has 4 aromatic rings. The first-order chi connectivity index (χ1) is 24.5. The molecule has 51 heavy (non-hydrogen) atoms. The van der Waals surface area contributed by atoms with Gasteiger partial charge in [-0.1, -0.05) is 94.8 Å². The van der Waals surface area contributed by atoms with Crippen molar-refractivity contribution in [2.24, 2.45) is 5.92 Å². The first-order valence-corrected chi connectivity index (χ1v) is 19.1. The first kappa shape index (κ1) is 39.5. The minimum absolute atomic E-state index is 0.0675. The number of aliphatic hydroxyl groups is 1. The van der Waals surface area contributed by atoms with Gasteiger partial charge in [-0.25, -0.2) is 14.6 Å². The van der Waals surface area contributed by atoms with Crippen LogP contribution in [0.5, 0.6) is 0 Å². The largest absolute Gasteiger partial charge is 0.444 e. The number of ether oxygens (including phenoxy) is 1. The van der Waals surface area contributed by atoms with E-state index in [1.54, 1.807) is 30.1 Å². The monoisotopic (exact) mass is 734 g/mol. The average Bonchev–Trinajstić information content (AvgIpc) is 3.83. The van der Waals surface area contributed by atoms with Crippen LogP contribution in [0.1, 0.15) is 73.2 Å². The van der Waals surface area contributed by atoms with E-state index in [2.05, 4.69) is 39.8 Å². The fourth-order valence-electron chi connectivity index (χ4n) is 5.55. The molecule has 0 saturated heterocycles. The van der Waals surface area contributed by atoms with Crippen LogP contribution in [-0.4, -0.2) is 69.3 Å². The van der Waals surface area contributed by atoms with Gasteiger partial charge in [-0.05, 0) is 36.3 Å². The fourth-order valence-corrected chi connectivity index (χ4v) is 6.89. The number of nitrogens with zero attached hydrogens (tertiary/aromatic N) is 3.